The van der Waals surface area contributed by atoms with Crippen LogP contribution in [0.15, 0.2) is 73.1 Å². The lowest BCUT2D eigenvalue weighted by atomic mass is 9.88. The second-order valence-corrected chi connectivity index (χ2v) is 8.04. The molecule has 0 aliphatic heterocycles. The molecular weight excluding hydrogens is 417 g/mol. The Kier molecular flexibility index (Phi) is 6.36. The summed E-state index contributed by atoms with van der Waals surface area (Å²) in [5.74, 6) is -0.168. The van der Waals surface area contributed by atoms with E-state index in [-0.39, 0.29) is 11.8 Å². The minimum Gasteiger partial charge on any atom is -0.361 e. The molecule has 6 heteroatoms. The molecule has 0 aliphatic carbocycles. The third-order valence-electron chi connectivity index (χ3n) is 5.12. The third-order valence-corrected chi connectivity index (χ3v) is 5.59. The number of carbonyl (C=O) groups excluding carboxylic acids is 1. The van der Waals surface area contributed by atoms with Crippen molar-refractivity contribution in [2.75, 3.05) is 6.54 Å². The summed E-state index contributed by atoms with van der Waals surface area (Å²) >= 11 is 12.5. The molecule has 0 unspecified atom stereocenters. The number of nitrogens with one attached hydrogen (secondary N) is 2. The second-order valence-electron chi connectivity index (χ2n) is 7.17. The number of H-pyrrole nitrogens is 1. The standard InChI is InChI=1S/C24H21Cl2N3O/c25-17-5-3-4-16(12-17)20(22-15-29-23-8-7-18(26)13-21(22)23)14-24(30)28-11-9-19-6-1-2-10-27-19/h1-8,10,12-13,15,20,29H,9,11,14H2,(H,28,30)/t20-/m1/s1. The van der Waals surface area contributed by atoms with Crippen molar-refractivity contribution >= 4 is 40.0 Å². The number of nitrogens with zero attached hydrogens (tertiary/aromatic N) is 1. The van der Waals surface area contributed by atoms with E-state index in [2.05, 4.69) is 15.3 Å². The van der Waals surface area contributed by atoms with Crippen molar-refractivity contribution in [3.8, 4) is 0 Å². The van der Waals surface area contributed by atoms with Crippen molar-refractivity contribution in [3.05, 3.63) is 99.9 Å². The number of amides is 1. The molecule has 0 aliphatic rings. The van der Waals surface area contributed by atoms with Gasteiger partial charge >= 0.3 is 0 Å². The summed E-state index contributed by atoms with van der Waals surface area (Å²) in [6.45, 7) is 0.540. The van der Waals surface area contributed by atoms with Crippen LogP contribution in [0, 0.1) is 0 Å². The van der Waals surface area contributed by atoms with Gasteiger partial charge in [0.1, 0.15) is 0 Å². The number of hydrogen-bond donors (Lipinski definition) is 2. The Balaban J connectivity index is 1.56. The number of rotatable bonds is 7. The second kappa shape index (κ2) is 9.33. The van der Waals surface area contributed by atoms with Gasteiger partial charge in [0.25, 0.3) is 0 Å². The first-order valence-electron chi connectivity index (χ1n) is 9.79. The topological polar surface area (TPSA) is 57.8 Å². The predicted octanol–water partition coefficient (Wildman–Crippen LogP) is 5.75. The number of aromatic amines is 1. The van der Waals surface area contributed by atoms with Gasteiger partial charge in [0, 0.05) is 64.3 Å². The van der Waals surface area contributed by atoms with Crippen LogP contribution in [0.3, 0.4) is 0 Å². The fourth-order valence-electron chi connectivity index (χ4n) is 3.67. The van der Waals surface area contributed by atoms with Crippen molar-refractivity contribution in [2.24, 2.45) is 0 Å². The lowest BCUT2D eigenvalue weighted by Crippen LogP contribution is -2.27. The Labute approximate surface area is 185 Å². The molecule has 1 atom stereocenters. The largest absolute Gasteiger partial charge is 0.361 e. The summed E-state index contributed by atoms with van der Waals surface area (Å²) in [6, 6.07) is 19.2. The van der Waals surface area contributed by atoms with Crippen LogP contribution >= 0.6 is 23.2 Å². The summed E-state index contributed by atoms with van der Waals surface area (Å²) in [7, 11) is 0. The quantitative estimate of drug-likeness (QED) is 0.386. The minimum atomic E-state index is -0.147. The van der Waals surface area contributed by atoms with Gasteiger partial charge < -0.3 is 10.3 Å². The average molecular weight is 438 g/mol. The SMILES string of the molecule is O=C(C[C@H](c1cccc(Cl)c1)c1c[nH]c2ccc(Cl)cc12)NCCc1ccccn1. The highest BCUT2D eigenvalue weighted by atomic mass is 35.5. The molecule has 0 fully saturated rings. The Morgan fingerprint density at radius 2 is 1.90 bits per heavy atom. The first-order chi connectivity index (χ1) is 14.6. The molecule has 152 valence electrons. The van der Waals surface area contributed by atoms with Gasteiger partial charge in [0.2, 0.25) is 5.91 Å². The Morgan fingerprint density at radius 3 is 2.70 bits per heavy atom. The molecule has 2 aromatic carbocycles. The number of carbonyl (C=O) groups is 1. The molecule has 4 rings (SSSR count). The molecule has 0 saturated heterocycles. The Morgan fingerprint density at radius 1 is 1.03 bits per heavy atom. The van der Waals surface area contributed by atoms with Crippen LogP contribution in [0.1, 0.15) is 29.2 Å². The average Bonchev–Trinajstić information content (AvgIpc) is 3.15. The molecule has 1 amide bonds. The normalized spacial score (nSPS) is 12.1. The van der Waals surface area contributed by atoms with Crippen LogP contribution in [0.4, 0.5) is 0 Å². The van der Waals surface area contributed by atoms with Gasteiger partial charge in [-0.25, -0.2) is 0 Å². The minimum absolute atomic E-state index is 0.0210. The molecule has 30 heavy (non-hydrogen) atoms. The smallest absolute Gasteiger partial charge is 0.220 e. The van der Waals surface area contributed by atoms with Crippen LogP contribution in [-0.4, -0.2) is 22.4 Å². The van der Waals surface area contributed by atoms with Gasteiger partial charge in [-0.15, -0.1) is 0 Å². The zero-order chi connectivity index (χ0) is 20.9. The zero-order valence-corrected chi connectivity index (χ0v) is 17.8. The number of aromatic nitrogens is 2. The first kappa shape index (κ1) is 20.5. The molecule has 2 aromatic heterocycles. The van der Waals surface area contributed by atoms with Gasteiger partial charge in [0.05, 0.1) is 0 Å². The van der Waals surface area contributed by atoms with Crippen LogP contribution in [0.2, 0.25) is 10.0 Å². The number of fused-ring (bicyclic) bond motifs is 1. The summed E-state index contributed by atoms with van der Waals surface area (Å²) in [5, 5.41) is 5.33. The maximum atomic E-state index is 12.8. The zero-order valence-electron chi connectivity index (χ0n) is 16.2. The van der Waals surface area contributed by atoms with E-state index in [9.17, 15) is 4.79 Å². The molecule has 0 bridgehead atoms. The number of benzene rings is 2. The first-order valence-corrected chi connectivity index (χ1v) is 10.5. The summed E-state index contributed by atoms with van der Waals surface area (Å²) < 4.78 is 0. The van der Waals surface area contributed by atoms with Crippen LogP contribution < -0.4 is 5.32 Å². The molecule has 0 radical (unpaired) electrons. The van der Waals surface area contributed by atoms with Crippen molar-refractivity contribution in [2.45, 2.75) is 18.8 Å². The van der Waals surface area contributed by atoms with Gasteiger partial charge in [0.15, 0.2) is 0 Å². The number of hydrogen-bond acceptors (Lipinski definition) is 2. The van der Waals surface area contributed by atoms with E-state index in [1.165, 1.54) is 0 Å². The maximum Gasteiger partial charge on any atom is 0.220 e. The summed E-state index contributed by atoms with van der Waals surface area (Å²) in [4.78, 5) is 20.4. The van der Waals surface area contributed by atoms with Gasteiger partial charge in [-0.3, -0.25) is 9.78 Å². The van der Waals surface area contributed by atoms with Crippen molar-refractivity contribution in [3.63, 3.8) is 0 Å². The Hall–Kier alpha value is -2.82. The van der Waals surface area contributed by atoms with E-state index in [1.807, 2.05) is 66.9 Å². The van der Waals surface area contributed by atoms with Crippen molar-refractivity contribution in [1.82, 2.24) is 15.3 Å². The summed E-state index contributed by atoms with van der Waals surface area (Å²) in [5.41, 5.74) is 3.95. The maximum absolute atomic E-state index is 12.8. The number of halogens is 2. The van der Waals surface area contributed by atoms with Crippen molar-refractivity contribution < 1.29 is 4.79 Å². The lowest BCUT2D eigenvalue weighted by molar-refractivity contribution is -0.121. The Bertz CT molecular complexity index is 1160. The fraction of sp³-hybridized carbons (Fsp3) is 0.167. The van der Waals surface area contributed by atoms with Gasteiger partial charge in [-0.05, 0) is 53.6 Å². The van der Waals surface area contributed by atoms with E-state index in [0.717, 1.165) is 27.7 Å². The monoisotopic (exact) mass is 437 g/mol. The molecular formula is C24H21Cl2N3O. The fourth-order valence-corrected chi connectivity index (χ4v) is 4.04. The van der Waals surface area contributed by atoms with E-state index >= 15 is 0 Å². The molecule has 0 spiro atoms. The third kappa shape index (κ3) is 4.84. The van der Waals surface area contributed by atoms with E-state index in [0.29, 0.717) is 29.4 Å². The highest BCUT2D eigenvalue weighted by Crippen LogP contribution is 2.35. The number of pyridine rings is 1. The van der Waals surface area contributed by atoms with Crippen LogP contribution in [0.5, 0.6) is 0 Å². The molecule has 2 heterocycles. The van der Waals surface area contributed by atoms with Crippen molar-refractivity contribution in [1.29, 1.82) is 0 Å². The van der Waals surface area contributed by atoms with Gasteiger partial charge in [-0.1, -0.05) is 41.4 Å². The molecule has 4 nitrogen and oxygen atoms in total. The van der Waals surface area contributed by atoms with Crippen LogP contribution in [0.25, 0.3) is 10.9 Å². The highest BCUT2D eigenvalue weighted by Gasteiger charge is 2.22. The predicted molar refractivity (Wildman–Crippen MR) is 122 cm³/mol. The van der Waals surface area contributed by atoms with E-state index < -0.39 is 0 Å². The summed E-state index contributed by atoms with van der Waals surface area (Å²) in [6.07, 6.45) is 4.71. The highest BCUT2D eigenvalue weighted by molar-refractivity contribution is 6.31. The van der Waals surface area contributed by atoms with E-state index in [1.54, 1.807) is 6.20 Å². The molecule has 2 N–H and O–H groups in total. The van der Waals surface area contributed by atoms with Gasteiger partial charge in [-0.2, -0.15) is 0 Å². The van der Waals surface area contributed by atoms with Crippen LogP contribution in [-0.2, 0) is 11.2 Å². The molecule has 4 aromatic rings. The lowest BCUT2D eigenvalue weighted by Gasteiger charge is -2.18. The van der Waals surface area contributed by atoms with E-state index in [4.69, 9.17) is 23.2 Å². The molecule has 0 saturated carbocycles.